The molecule has 1 heterocycles. The minimum atomic E-state index is -0.907. The molecule has 93 valence electrons. The van der Waals surface area contributed by atoms with E-state index in [1.165, 1.54) is 5.56 Å². The second kappa shape index (κ2) is 7.26. The molecule has 0 saturated carbocycles. The van der Waals surface area contributed by atoms with Gasteiger partial charge >= 0.3 is 5.97 Å². The molecule has 2 N–H and O–H groups in total. The van der Waals surface area contributed by atoms with Crippen LogP contribution in [0.25, 0.3) is 0 Å². The third kappa shape index (κ3) is 4.07. The molecule has 0 bridgehead atoms. The van der Waals surface area contributed by atoms with Crippen LogP contribution in [-0.4, -0.2) is 69.8 Å². The molecule has 0 aliphatic carbocycles. The van der Waals surface area contributed by atoms with E-state index in [1.807, 2.05) is 30.3 Å². The maximum atomic E-state index is 11.0. The van der Waals surface area contributed by atoms with Crippen molar-refractivity contribution in [2.45, 2.75) is 19.1 Å². The number of carboxylic acid groups (broad SMARTS) is 1. The predicted molar refractivity (Wildman–Crippen MR) is 69.2 cm³/mol. The number of carbonyl (C=O) groups is 1. The predicted octanol–water partition coefficient (Wildman–Crippen LogP) is 0.573. The first kappa shape index (κ1) is 15.7. The molecule has 4 nitrogen and oxygen atoms in total. The average Bonchev–Trinajstić information content (AvgIpc) is 2.32. The standard InChI is InChI=1S/C13H17NO3.Na/c15-12-6-7-14(9-11(12)13(16)17)8-10-4-2-1-3-5-10;/h1-5,11-12,15H,6-9H2,(H,16,17);/t11-,12+;/m1./s1. The summed E-state index contributed by atoms with van der Waals surface area (Å²) in [5, 5.41) is 18.6. The summed E-state index contributed by atoms with van der Waals surface area (Å²) in [5.41, 5.74) is 1.17. The van der Waals surface area contributed by atoms with Gasteiger partial charge in [-0.1, -0.05) is 30.3 Å². The largest absolute Gasteiger partial charge is 0.481 e. The number of carboxylic acids is 1. The average molecular weight is 258 g/mol. The summed E-state index contributed by atoms with van der Waals surface area (Å²) in [6.07, 6.45) is -0.177. The Kier molecular flexibility index (Phi) is 6.32. The van der Waals surface area contributed by atoms with Gasteiger partial charge in [-0.05, 0) is 12.0 Å². The van der Waals surface area contributed by atoms with Gasteiger partial charge < -0.3 is 10.2 Å². The molecule has 1 saturated heterocycles. The Hall–Kier alpha value is -0.390. The van der Waals surface area contributed by atoms with Crippen molar-refractivity contribution >= 4 is 35.5 Å². The van der Waals surface area contributed by atoms with Crippen molar-refractivity contribution < 1.29 is 15.0 Å². The van der Waals surface area contributed by atoms with Crippen LogP contribution in [0.4, 0.5) is 0 Å². The second-order valence-corrected chi connectivity index (χ2v) is 4.52. The van der Waals surface area contributed by atoms with Crippen molar-refractivity contribution in [2.75, 3.05) is 13.1 Å². The zero-order chi connectivity index (χ0) is 12.3. The van der Waals surface area contributed by atoms with Crippen molar-refractivity contribution in [2.24, 2.45) is 5.92 Å². The second-order valence-electron chi connectivity index (χ2n) is 4.52. The number of likely N-dealkylation sites (tertiary alicyclic amines) is 1. The van der Waals surface area contributed by atoms with Gasteiger partial charge in [-0.25, -0.2) is 0 Å². The number of piperidine rings is 1. The van der Waals surface area contributed by atoms with Crippen LogP contribution in [-0.2, 0) is 11.3 Å². The van der Waals surface area contributed by atoms with Gasteiger partial charge in [0.15, 0.2) is 0 Å². The van der Waals surface area contributed by atoms with Crippen molar-refractivity contribution in [1.82, 2.24) is 4.90 Å². The summed E-state index contributed by atoms with van der Waals surface area (Å²) in [5.74, 6) is -1.57. The Morgan fingerprint density at radius 3 is 2.61 bits per heavy atom. The third-order valence-electron chi connectivity index (χ3n) is 3.23. The van der Waals surface area contributed by atoms with Gasteiger partial charge in [-0.15, -0.1) is 0 Å². The number of benzene rings is 1. The molecule has 1 radical (unpaired) electrons. The Labute approximate surface area is 129 Å². The zero-order valence-electron chi connectivity index (χ0n) is 10.6. The fourth-order valence-corrected chi connectivity index (χ4v) is 2.24. The molecule has 2 atom stereocenters. The van der Waals surface area contributed by atoms with Gasteiger partial charge in [0, 0.05) is 49.2 Å². The summed E-state index contributed by atoms with van der Waals surface area (Å²) in [6, 6.07) is 9.97. The zero-order valence-corrected chi connectivity index (χ0v) is 12.6. The Morgan fingerprint density at radius 1 is 1.33 bits per heavy atom. The van der Waals surface area contributed by atoms with E-state index in [4.69, 9.17) is 5.11 Å². The summed E-state index contributed by atoms with van der Waals surface area (Å²) < 4.78 is 0. The summed E-state index contributed by atoms with van der Waals surface area (Å²) in [6.45, 7) is 1.92. The fourth-order valence-electron chi connectivity index (χ4n) is 2.24. The van der Waals surface area contributed by atoms with Crippen LogP contribution < -0.4 is 0 Å². The topological polar surface area (TPSA) is 60.8 Å². The molecule has 5 heteroatoms. The summed E-state index contributed by atoms with van der Waals surface area (Å²) in [4.78, 5) is 13.1. The Balaban J connectivity index is 0.00000162. The molecular formula is C13H17NNaO3. The number of aliphatic carboxylic acids is 1. The van der Waals surface area contributed by atoms with Gasteiger partial charge in [0.05, 0.1) is 12.0 Å². The first-order chi connectivity index (χ1) is 8.16. The van der Waals surface area contributed by atoms with Crippen LogP contribution >= 0.6 is 0 Å². The van der Waals surface area contributed by atoms with Crippen LogP contribution in [0.3, 0.4) is 0 Å². The van der Waals surface area contributed by atoms with Gasteiger partial charge in [-0.2, -0.15) is 0 Å². The first-order valence-corrected chi connectivity index (χ1v) is 5.84. The summed E-state index contributed by atoms with van der Waals surface area (Å²) >= 11 is 0. The van der Waals surface area contributed by atoms with E-state index in [9.17, 15) is 9.90 Å². The van der Waals surface area contributed by atoms with Crippen molar-refractivity contribution in [3.05, 3.63) is 35.9 Å². The van der Waals surface area contributed by atoms with E-state index in [0.717, 1.165) is 13.1 Å². The van der Waals surface area contributed by atoms with E-state index in [0.29, 0.717) is 13.0 Å². The van der Waals surface area contributed by atoms with Crippen molar-refractivity contribution in [3.8, 4) is 0 Å². The minimum absolute atomic E-state index is 0. The first-order valence-electron chi connectivity index (χ1n) is 5.84. The molecule has 1 aromatic carbocycles. The molecular weight excluding hydrogens is 241 g/mol. The van der Waals surface area contributed by atoms with E-state index in [1.54, 1.807) is 0 Å². The molecule has 0 unspecified atom stereocenters. The normalized spacial score (nSPS) is 24.3. The van der Waals surface area contributed by atoms with Gasteiger partial charge in [-0.3, -0.25) is 9.69 Å². The molecule has 0 spiro atoms. The number of aliphatic hydroxyl groups is 1. The maximum Gasteiger partial charge on any atom is 0.310 e. The number of nitrogens with zero attached hydrogens (tertiary/aromatic N) is 1. The number of hydrogen-bond acceptors (Lipinski definition) is 3. The SMILES string of the molecule is O=C(O)[C@@H]1CN(Cc2ccccc2)CC[C@@H]1O.[Na]. The quantitative estimate of drug-likeness (QED) is 0.778. The van der Waals surface area contributed by atoms with Gasteiger partial charge in [0.1, 0.15) is 0 Å². The number of hydrogen-bond donors (Lipinski definition) is 2. The van der Waals surface area contributed by atoms with Crippen LogP contribution in [0.2, 0.25) is 0 Å². The van der Waals surface area contributed by atoms with Crippen LogP contribution in [0, 0.1) is 5.92 Å². The molecule has 1 aliphatic heterocycles. The fraction of sp³-hybridized carbons (Fsp3) is 0.462. The van der Waals surface area contributed by atoms with Crippen molar-refractivity contribution in [1.29, 1.82) is 0 Å². The minimum Gasteiger partial charge on any atom is -0.481 e. The molecule has 0 amide bonds. The van der Waals surface area contributed by atoms with Gasteiger partial charge in [0.25, 0.3) is 0 Å². The Morgan fingerprint density at radius 2 is 2.00 bits per heavy atom. The smallest absolute Gasteiger partial charge is 0.310 e. The van der Waals surface area contributed by atoms with E-state index < -0.39 is 18.0 Å². The number of aliphatic hydroxyl groups excluding tert-OH is 1. The van der Waals surface area contributed by atoms with Crippen LogP contribution in [0.5, 0.6) is 0 Å². The van der Waals surface area contributed by atoms with Crippen LogP contribution in [0.15, 0.2) is 30.3 Å². The molecule has 0 aromatic heterocycles. The molecule has 1 fully saturated rings. The maximum absolute atomic E-state index is 11.0. The Bertz CT molecular complexity index is 385. The monoisotopic (exact) mass is 258 g/mol. The molecule has 2 rings (SSSR count). The van der Waals surface area contributed by atoms with E-state index in [2.05, 4.69) is 4.90 Å². The van der Waals surface area contributed by atoms with E-state index in [-0.39, 0.29) is 29.6 Å². The van der Waals surface area contributed by atoms with Crippen molar-refractivity contribution in [3.63, 3.8) is 0 Å². The third-order valence-corrected chi connectivity index (χ3v) is 3.23. The number of rotatable bonds is 3. The summed E-state index contributed by atoms with van der Waals surface area (Å²) in [7, 11) is 0. The van der Waals surface area contributed by atoms with Crippen LogP contribution in [0.1, 0.15) is 12.0 Å². The van der Waals surface area contributed by atoms with Gasteiger partial charge in [0.2, 0.25) is 0 Å². The molecule has 1 aromatic rings. The van der Waals surface area contributed by atoms with E-state index >= 15 is 0 Å². The molecule has 18 heavy (non-hydrogen) atoms. The molecule has 1 aliphatic rings.